The van der Waals surface area contributed by atoms with E-state index in [1.165, 1.54) is 12.8 Å². The van der Waals surface area contributed by atoms with E-state index in [2.05, 4.69) is 24.5 Å². The largest absolute Gasteiger partial charge is 0.335 e. The number of rotatable bonds is 1. The van der Waals surface area contributed by atoms with Gasteiger partial charge in [-0.25, -0.2) is 4.79 Å². The quantitative estimate of drug-likeness (QED) is 0.709. The number of hydrogen-bond acceptors (Lipinski definition) is 1. The summed E-state index contributed by atoms with van der Waals surface area (Å²) in [5, 5.41) is 6.06. The molecule has 2 N–H and O–H groups in total. The highest BCUT2D eigenvalue weighted by atomic mass is 16.2. The van der Waals surface area contributed by atoms with Gasteiger partial charge in [-0.05, 0) is 39.0 Å². The van der Waals surface area contributed by atoms with E-state index >= 15 is 0 Å². The number of nitrogens with one attached hydrogen (secondary N) is 2. The molecule has 2 amide bonds. The lowest BCUT2D eigenvalue weighted by molar-refractivity contribution is 0.190. The monoisotopic (exact) mass is 226 g/mol. The number of carbonyl (C=O) groups is 1. The van der Waals surface area contributed by atoms with Crippen LogP contribution in [0.25, 0.3) is 0 Å². The summed E-state index contributed by atoms with van der Waals surface area (Å²) in [7, 11) is 0. The van der Waals surface area contributed by atoms with Crippen LogP contribution < -0.4 is 10.6 Å². The van der Waals surface area contributed by atoms with Gasteiger partial charge in [-0.3, -0.25) is 0 Å². The fraction of sp³-hybridized carbons (Fsp3) is 0.923. The number of hydrogen-bond donors (Lipinski definition) is 2. The average molecular weight is 226 g/mol. The zero-order chi connectivity index (χ0) is 12.3. The topological polar surface area (TPSA) is 41.1 Å². The Kier molecular flexibility index (Phi) is 4.22. The van der Waals surface area contributed by atoms with Crippen molar-refractivity contribution in [1.82, 2.24) is 10.6 Å². The Hall–Kier alpha value is -0.730. The normalized spacial score (nSPS) is 30.9. The first kappa shape index (κ1) is 13.3. The first-order valence-corrected chi connectivity index (χ1v) is 6.38. The van der Waals surface area contributed by atoms with Gasteiger partial charge in [-0.1, -0.05) is 26.7 Å². The van der Waals surface area contributed by atoms with Crippen molar-refractivity contribution in [3.63, 3.8) is 0 Å². The molecule has 1 aliphatic rings. The van der Waals surface area contributed by atoms with Gasteiger partial charge < -0.3 is 10.6 Å². The first-order chi connectivity index (χ1) is 7.29. The van der Waals surface area contributed by atoms with E-state index in [0.29, 0.717) is 17.9 Å². The maximum atomic E-state index is 11.8. The molecule has 0 aromatic rings. The van der Waals surface area contributed by atoms with Gasteiger partial charge in [-0.2, -0.15) is 0 Å². The minimum absolute atomic E-state index is 0.0292. The van der Waals surface area contributed by atoms with E-state index in [1.807, 2.05) is 20.8 Å². The molecule has 1 fully saturated rings. The minimum Gasteiger partial charge on any atom is -0.335 e. The van der Waals surface area contributed by atoms with Gasteiger partial charge in [0.25, 0.3) is 0 Å². The summed E-state index contributed by atoms with van der Waals surface area (Å²) in [5.74, 6) is 1.30. The van der Waals surface area contributed by atoms with Gasteiger partial charge in [-0.15, -0.1) is 0 Å². The molecular weight excluding hydrogens is 200 g/mol. The zero-order valence-corrected chi connectivity index (χ0v) is 11.3. The van der Waals surface area contributed by atoms with E-state index in [9.17, 15) is 4.79 Å². The third-order valence-electron chi connectivity index (χ3n) is 3.51. The summed E-state index contributed by atoms with van der Waals surface area (Å²) in [6.45, 7) is 10.5. The van der Waals surface area contributed by atoms with Crippen LogP contribution in [0.15, 0.2) is 0 Å². The van der Waals surface area contributed by atoms with Crippen molar-refractivity contribution in [2.75, 3.05) is 0 Å². The molecule has 94 valence electrons. The fourth-order valence-corrected chi connectivity index (χ4v) is 2.33. The molecular formula is C13H26N2O. The predicted octanol–water partition coefficient (Wildman–Crippen LogP) is 2.91. The highest BCUT2D eigenvalue weighted by molar-refractivity contribution is 5.75. The zero-order valence-electron chi connectivity index (χ0n) is 11.3. The summed E-state index contributed by atoms with van der Waals surface area (Å²) < 4.78 is 0. The average Bonchev–Trinajstić information content (AvgIpc) is 2.09. The Morgan fingerprint density at radius 3 is 2.38 bits per heavy atom. The molecule has 0 saturated heterocycles. The molecule has 3 unspecified atom stereocenters. The second kappa shape index (κ2) is 5.07. The van der Waals surface area contributed by atoms with Crippen molar-refractivity contribution in [3.8, 4) is 0 Å². The van der Waals surface area contributed by atoms with Gasteiger partial charge in [0.2, 0.25) is 0 Å². The summed E-state index contributed by atoms with van der Waals surface area (Å²) >= 11 is 0. The molecule has 16 heavy (non-hydrogen) atoms. The fourth-order valence-electron chi connectivity index (χ4n) is 2.33. The summed E-state index contributed by atoms with van der Waals surface area (Å²) in [6.07, 6.45) is 3.63. The molecule has 1 rings (SSSR count). The first-order valence-electron chi connectivity index (χ1n) is 6.38. The number of amides is 2. The van der Waals surface area contributed by atoms with Crippen LogP contribution in [-0.4, -0.2) is 17.6 Å². The van der Waals surface area contributed by atoms with Crippen LogP contribution in [-0.2, 0) is 0 Å². The van der Waals surface area contributed by atoms with Gasteiger partial charge in [0.05, 0.1) is 0 Å². The third kappa shape index (κ3) is 4.03. The molecule has 3 atom stereocenters. The van der Waals surface area contributed by atoms with E-state index < -0.39 is 0 Å². The Morgan fingerprint density at radius 2 is 1.81 bits per heavy atom. The van der Waals surface area contributed by atoms with Crippen LogP contribution in [0.1, 0.15) is 53.9 Å². The van der Waals surface area contributed by atoms with E-state index in [-0.39, 0.29) is 11.6 Å². The molecule has 0 spiro atoms. The van der Waals surface area contributed by atoms with Gasteiger partial charge in [0.1, 0.15) is 0 Å². The third-order valence-corrected chi connectivity index (χ3v) is 3.51. The summed E-state index contributed by atoms with van der Waals surface area (Å²) in [5.41, 5.74) is -0.159. The summed E-state index contributed by atoms with van der Waals surface area (Å²) in [6, 6.07) is 0.310. The van der Waals surface area contributed by atoms with Crippen LogP contribution >= 0.6 is 0 Å². The molecule has 0 aliphatic heterocycles. The molecule has 3 nitrogen and oxygen atoms in total. The smallest absolute Gasteiger partial charge is 0.315 e. The maximum Gasteiger partial charge on any atom is 0.315 e. The van der Waals surface area contributed by atoms with Crippen molar-refractivity contribution in [2.45, 2.75) is 65.5 Å². The van der Waals surface area contributed by atoms with Gasteiger partial charge in [0.15, 0.2) is 0 Å². The highest BCUT2D eigenvalue weighted by Gasteiger charge is 2.28. The Bertz CT molecular complexity index is 245. The number of carbonyl (C=O) groups excluding carboxylic acids is 1. The van der Waals surface area contributed by atoms with Crippen LogP contribution in [0.4, 0.5) is 4.79 Å². The Morgan fingerprint density at radius 1 is 1.19 bits per heavy atom. The molecule has 1 saturated carbocycles. The van der Waals surface area contributed by atoms with Crippen molar-refractivity contribution in [1.29, 1.82) is 0 Å². The molecule has 0 aromatic carbocycles. The maximum absolute atomic E-state index is 11.8. The number of urea groups is 1. The second-order valence-corrected chi connectivity index (χ2v) is 6.22. The molecule has 0 aromatic heterocycles. The van der Waals surface area contributed by atoms with Crippen LogP contribution in [0, 0.1) is 11.8 Å². The molecule has 3 heteroatoms. The molecule has 0 radical (unpaired) electrons. The van der Waals surface area contributed by atoms with Crippen molar-refractivity contribution in [2.24, 2.45) is 11.8 Å². The standard InChI is InChI=1S/C13H26N2O/c1-9-7-6-8-11(10(9)2)14-12(16)15-13(3,4)5/h9-11H,6-8H2,1-5H3,(H2,14,15,16). The Balaban J connectivity index is 2.44. The highest BCUT2D eigenvalue weighted by Crippen LogP contribution is 2.29. The lowest BCUT2D eigenvalue weighted by Crippen LogP contribution is -2.52. The van der Waals surface area contributed by atoms with Gasteiger partial charge >= 0.3 is 6.03 Å². The lowest BCUT2D eigenvalue weighted by Gasteiger charge is -2.35. The lowest BCUT2D eigenvalue weighted by atomic mass is 9.78. The summed E-state index contributed by atoms with van der Waals surface area (Å²) in [4.78, 5) is 11.8. The van der Waals surface area contributed by atoms with E-state index in [4.69, 9.17) is 0 Å². The molecule has 1 aliphatic carbocycles. The van der Waals surface area contributed by atoms with Crippen LogP contribution in [0.3, 0.4) is 0 Å². The SMILES string of the molecule is CC1CCCC(NC(=O)NC(C)(C)C)C1C. The molecule has 0 bridgehead atoms. The van der Waals surface area contributed by atoms with Gasteiger partial charge in [0, 0.05) is 11.6 Å². The second-order valence-electron chi connectivity index (χ2n) is 6.22. The van der Waals surface area contributed by atoms with Crippen molar-refractivity contribution < 1.29 is 4.79 Å². The minimum atomic E-state index is -0.159. The van der Waals surface area contributed by atoms with Crippen LogP contribution in [0.2, 0.25) is 0 Å². The van der Waals surface area contributed by atoms with Crippen LogP contribution in [0.5, 0.6) is 0 Å². The predicted molar refractivity (Wildman–Crippen MR) is 67.4 cm³/mol. The van der Waals surface area contributed by atoms with E-state index in [0.717, 1.165) is 6.42 Å². The van der Waals surface area contributed by atoms with E-state index in [1.54, 1.807) is 0 Å². The Labute approximate surface area is 99.4 Å². The molecule has 0 heterocycles. The van der Waals surface area contributed by atoms with Crippen molar-refractivity contribution >= 4 is 6.03 Å². The van der Waals surface area contributed by atoms with Crippen molar-refractivity contribution in [3.05, 3.63) is 0 Å².